The summed E-state index contributed by atoms with van der Waals surface area (Å²) in [4.78, 5) is 0. The van der Waals surface area contributed by atoms with Gasteiger partial charge in [0.05, 0.1) is 0 Å². The fraction of sp³-hybridized carbons (Fsp3) is 0.143. The molecule has 0 saturated carbocycles. The number of hydrogen-bond donors (Lipinski definition) is 0. The van der Waals surface area contributed by atoms with Gasteiger partial charge < -0.3 is 0 Å². The van der Waals surface area contributed by atoms with Crippen LogP contribution in [-0.4, -0.2) is 10.9 Å². The van der Waals surface area contributed by atoms with E-state index < -0.39 is 10.9 Å². The van der Waals surface area contributed by atoms with Crippen LogP contribution in [0.25, 0.3) is 0 Å². The molecule has 16 heavy (non-hydrogen) atoms. The van der Waals surface area contributed by atoms with Crippen LogP contribution < -0.4 is 8.85 Å². The van der Waals surface area contributed by atoms with Crippen molar-refractivity contribution in [1.82, 2.24) is 0 Å². The van der Waals surface area contributed by atoms with Crippen LogP contribution in [0, 0.1) is 13.8 Å². The van der Waals surface area contributed by atoms with E-state index in [1.807, 2.05) is 0 Å². The zero-order valence-corrected chi connectivity index (χ0v) is 12.9. The third-order valence-electron chi connectivity index (χ3n) is 2.74. The molecule has 0 unspecified atom stereocenters. The Morgan fingerprint density at radius 3 is 1.31 bits per heavy atom. The summed E-state index contributed by atoms with van der Waals surface area (Å²) in [6.45, 7) is 4.28. The summed E-state index contributed by atoms with van der Waals surface area (Å²) in [7, 11) is -0.990. The largest absolute Gasteiger partial charge is 0.435 e. The van der Waals surface area contributed by atoms with Crippen LogP contribution in [0.15, 0.2) is 48.5 Å². The van der Waals surface area contributed by atoms with E-state index in [0.29, 0.717) is 0 Å². The summed E-state index contributed by atoms with van der Waals surface area (Å²) in [5.41, 5.74) is 2.68. The van der Waals surface area contributed by atoms with Gasteiger partial charge in [-0.1, -0.05) is 68.5 Å². The smallest absolute Gasteiger partial charge is 0.194 e. The Labute approximate surface area is 113 Å². The van der Waals surface area contributed by atoms with Crippen LogP contribution in [0.4, 0.5) is 0 Å². The van der Waals surface area contributed by atoms with Gasteiger partial charge in [-0.05, 0) is 13.8 Å². The molecule has 0 aliphatic heterocycles. The minimum Gasteiger partial charge on any atom is -0.194 e. The maximum Gasteiger partial charge on any atom is 0.435 e. The molecule has 0 N–H and O–H groups in total. The molecule has 0 heterocycles. The van der Waals surface area contributed by atoms with Gasteiger partial charge in [0.15, 0.2) is 0 Å². The third-order valence-corrected chi connectivity index (χ3v) is 9.00. The summed E-state index contributed by atoms with van der Waals surface area (Å²) in [5.74, 6) is 0. The van der Waals surface area contributed by atoms with Gasteiger partial charge in [0.25, 0.3) is 0 Å². The van der Waals surface area contributed by atoms with Gasteiger partial charge in [-0.25, -0.2) is 0 Å². The standard InChI is InChI=1S/2C7H7.Al.HI/c2*1-7-5-3-2-4-6-7;;/h2*3-6H,1H3;;1H/q;;+1;/p-1. The number of halogens is 1. The molecule has 80 valence electrons. The average Bonchev–Trinajstić information content (AvgIpc) is 2.30. The highest BCUT2D eigenvalue weighted by atomic mass is 127. The third kappa shape index (κ3) is 2.88. The van der Waals surface area contributed by atoms with E-state index in [4.69, 9.17) is 0 Å². The molecular weight excluding hydrogens is 322 g/mol. The molecular formula is C14H14AlI. The minimum atomic E-state index is -0.990. The molecule has 0 radical (unpaired) electrons. The lowest BCUT2D eigenvalue weighted by Gasteiger charge is -2.06. The number of aryl methyl sites for hydroxylation is 2. The molecule has 0 bridgehead atoms. The van der Waals surface area contributed by atoms with Crippen molar-refractivity contribution >= 4 is 40.0 Å². The van der Waals surface area contributed by atoms with Gasteiger partial charge in [0.1, 0.15) is 0 Å². The second-order valence-electron chi connectivity index (χ2n) is 4.18. The molecule has 0 atom stereocenters. The van der Waals surface area contributed by atoms with Gasteiger partial charge in [-0.3, -0.25) is 0 Å². The van der Waals surface area contributed by atoms with Gasteiger partial charge >= 0.3 is 10.9 Å². The molecule has 0 aliphatic rings. The maximum atomic E-state index is 2.64. The Morgan fingerprint density at radius 1 is 0.688 bits per heavy atom. The first-order chi connectivity index (χ1) is 7.66. The van der Waals surface area contributed by atoms with Crippen molar-refractivity contribution in [3.63, 3.8) is 0 Å². The minimum absolute atomic E-state index is 0.990. The second kappa shape index (κ2) is 5.36. The summed E-state index contributed by atoms with van der Waals surface area (Å²) in [6.07, 6.45) is 0. The average molecular weight is 336 g/mol. The zero-order valence-electron chi connectivity index (χ0n) is 9.57. The molecule has 0 aliphatic carbocycles. The molecule has 2 heteroatoms. The fourth-order valence-corrected chi connectivity index (χ4v) is 5.60. The first kappa shape index (κ1) is 12.2. The van der Waals surface area contributed by atoms with Gasteiger partial charge in [0, 0.05) is 0 Å². The summed E-state index contributed by atoms with van der Waals surface area (Å²) < 4.78 is 3.02. The number of rotatable bonds is 2. The molecule has 0 aromatic heterocycles. The SMILES string of the molecule is Cc1cc[c]([Al]([I])[c]2ccc(C)cc2)cc1. The van der Waals surface area contributed by atoms with Crippen molar-refractivity contribution in [3.05, 3.63) is 59.7 Å². The summed E-state index contributed by atoms with van der Waals surface area (Å²) in [6, 6.07) is 17.9. The highest BCUT2D eigenvalue weighted by molar-refractivity contribution is 14.1. The van der Waals surface area contributed by atoms with Crippen LogP contribution in [-0.2, 0) is 0 Å². The first-order valence-corrected chi connectivity index (χ1v) is 10.8. The Hall–Kier alpha value is -0.298. The Kier molecular flexibility index (Phi) is 4.07. The van der Waals surface area contributed by atoms with E-state index in [1.165, 1.54) is 20.0 Å². The number of hydrogen-bond acceptors (Lipinski definition) is 0. The van der Waals surface area contributed by atoms with Crippen LogP contribution >= 0.6 is 20.3 Å². The maximum absolute atomic E-state index is 2.64. The molecule has 2 aromatic rings. The van der Waals surface area contributed by atoms with Gasteiger partial charge in [-0.15, -0.1) is 0 Å². The molecule has 0 amide bonds. The summed E-state index contributed by atoms with van der Waals surface area (Å²) >= 11 is 2.64. The van der Waals surface area contributed by atoms with Crippen molar-refractivity contribution in [1.29, 1.82) is 0 Å². The molecule has 2 rings (SSSR count). The second-order valence-corrected chi connectivity index (χ2v) is 9.98. The van der Waals surface area contributed by atoms with Gasteiger partial charge in [-0.2, -0.15) is 20.3 Å². The van der Waals surface area contributed by atoms with Crippen LogP contribution in [0.1, 0.15) is 11.1 Å². The Morgan fingerprint density at radius 2 is 1.00 bits per heavy atom. The zero-order chi connectivity index (χ0) is 11.5. The van der Waals surface area contributed by atoms with E-state index >= 15 is 0 Å². The topological polar surface area (TPSA) is 0 Å². The van der Waals surface area contributed by atoms with Crippen molar-refractivity contribution in [3.8, 4) is 0 Å². The van der Waals surface area contributed by atoms with Crippen molar-refractivity contribution in [2.75, 3.05) is 0 Å². The molecule has 0 fully saturated rings. The van der Waals surface area contributed by atoms with Crippen molar-refractivity contribution in [2.45, 2.75) is 13.8 Å². The molecule has 2 aromatic carbocycles. The lowest BCUT2D eigenvalue weighted by molar-refractivity contribution is 1.48. The highest BCUT2D eigenvalue weighted by Crippen LogP contribution is 2.02. The van der Waals surface area contributed by atoms with Crippen molar-refractivity contribution < 1.29 is 0 Å². The van der Waals surface area contributed by atoms with Crippen LogP contribution in [0.5, 0.6) is 0 Å². The predicted octanol–water partition coefficient (Wildman–Crippen LogP) is 2.84. The van der Waals surface area contributed by atoms with E-state index in [1.54, 1.807) is 0 Å². The quantitative estimate of drug-likeness (QED) is 0.584. The fourth-order valence-electron chi connectivity index (χ4n) is 1.66. The van der Waals surface area contributed by atoms with Crippen molar-refractivity contribution in [2.24, 2.45) is 0 Å². The molecule has 0 saturated heterocycles. The predicted molar refractivity (Wildman–Crippen MR) is 81.4 cm³/mol. The van der Waals surface area contributed by atoms with E-state index in [2.05, 4.69) is 82.7 Å². The molecule has 0 spiro atoms. The lowest BCUT2D eigenvalue weighted by Crippen LogP contribution is -2.36. The number of benzene rings is 2. The summed E-state index contributed by atoms with van der Waals surface area (Å²) in [5, 5.41) is 0. The van der Waals surface area contributed by atoms with E-state index in [-0.39, 0.29) is 0 Å². The lowest BCUT2D eigenvalue weighted by atomic mass is 10.2. The first-order valence-electron chi connectivity index (χ1n) is 5.44. The van der Waals surface area contributed by atoms with Crippen LogP contribution in [0.2, 0.25) is 0 Å². The Balaban J connectivity index is 2.28. The Bertz CT molecular complexity index is 414. The molecule has 0 nitrogen and oxygen atoms in total. The monoisotopic (exact) mass is 336 g/mol. The normalized spacial score (nSPS) is 10.2. The van der Waals surface area contributed by atoms with E-state index in [9.17, 15) is 0 Å². The highest BCUT2D eigenvalue weighted by Gasteiger charge is 2.18. The van der Waals surface area contributed by atoms with E-state index in [0.717, 1.165) is 0 Å². The van der Waals surface area contributed by atoms with Crippen LogP contribution in [0.3, 0.4) is 0 Å². The van der Waals surface area contributed by atoms with Gasteiger partial charge in [0.2, 0.25) is 0 Å².